The molecule has 90 valence electrons. The Kier molecular flexibility index (Phi) is 3.41. The Bertz CT molecular complexity index is 516. The van der Waals surface area contributed by atoms with Crippen molar-refractivity contribution in [3.05, 3.63) is 30.5 Å². The van der Waals surface area contributed by atoms with Crippen LogP contribution in [0.15, 0.2) is 30.5 Å². The number of hydrogen-bond donors (Lipinski definition) is 3. The molecule has 0 radical (unpaired) electrons. The predicted octanol–water partition coefficient (Wildman–Crippen LogP) is 0.549. The van der Waals surface area contributed by atoms with Gasteiger partial charge in [0.2, 0.25) is 0 Å². The highest BCUT2D eigenvalue weighted by molar-refractivity contribution is 5.94. The molecule has 4 N–H and O–H groups in total. The lowest BCUT2D eigenvalue weighted by Crippen LogP contribution is -2.21. The molecule has 17 heavy (non-hydrogen) atoms. The summed E-state index contributed by atoms with van der Waals surface area (Å²) >= 11 is 0. The number of ether oxygens (including phenoxy) is 1. The summed E-state index contributed by atoms with van der Waals surface area (Å²) in [4.78, 5) is 4.20. The summed E-state index contributed by atoms with van der Waals surface area (Å²) in [6, 6.07) is 7.08. The third-order valence-electron chi connectivity index (χ3n) is 2.41. The normalized spacial score (nSPS) is 12.6. The fraction of sp³-hybridized carbons (Fsp3) is 0.250. The minimum atomic E-state index is -0.897. The monoisotopic (exact) mass is 234 g/mol. The summed E-state index contributed by atoms with van der Waals surface area (Å²) in [5.41, 5.74) is 7.10. The van der Waals surface area contributed by atoms with Crippen molar-refractivity contribution in [1.29, 1.82) is 0 Å². The van der Waals surface area contributed by atoms with Gasteiger partial charge in [-0.25, -0.2) is 0 Å². The van der Waals surface area contributed by atoms with Crippen molar-refractivity contribution >= 4 is 16.6 Å². The largest absolute Gasteiger partial charge is 0.489 e. The molecule has 0 aliphatic rings. The van der Waals surface area contributed by atoms with Crippen LogP contribution in [0.5, 0.6) is 5.75 Å². The fourth-order valence-corrected chi connectivity index (χ4v) is 1.52. The van der Waals surface area contributed by atoms with Crippen LogP contribution in [-0.4, -0.2) is 34.5 Å². The van der Waals surface area contributed by atoms with E-state index in [1.807, 2.05) is 6.07 Å². The van der Waals surface area contributed by atoms with Crippen LogP contribution in [0.4, 0.5) is 5.69 Å². The molecule has 0 aliphatic carbocycles. The Morgan fingerprint density at radius 2 is 2.18 bits per heavy atom. The molecule has 0 aliphatic heterocycles. The van der Waals surface area contributed by atoms with Gasteiger partial charge in [0.05, 0.1) is 6.61 Å². The summed E-state index contributed by atoms with van der Waals surface area (Å²) < 4.78 is 5.40. The summed E-state index contributed by atoms with van der Waals surface area (Å²) in [6.45, 7) is -0.313. The first-order valence-corrected chi connectivity index (χ1v) is 5.27. The Hall–Kier alpha value is -1.85. The highest BCUT2D eigenvalue weighted by atomic mass is 16.5. The first-order valence-electron chi connectivity index (χ1n) is 5.27. The number of nitrogens with two attached hydrogens (primary N) is 1. The van der Waals surface area contributed by atoms with Crippen LogP contribution in [-0.2, 0) is 0 Å². The first kappa shape index (κ1) is 11.6. The molecule has 0 saturated carbocycles. The van der Waals surface area contributed by atoms with E-state index in [9.17, 15) is 5.11 Å². The van der Waals surface area contributed by atoms with Crippen LogP contribution >= 0.6 is 0 Å². The molecule has 0 saturated heterocycles. The molecule has 0 spiro atoms. The highest BCUT2D eigenvalue weighted by Gasteiger charge is 2.08. The molecule has 2 aromatic rings. The van der Waals surface area contributed by atoms with Crippen molar-refractivity contribution in [2.75, 3.05) is 18.9 Å². The van der Waals surface area contributed by atoms with Crippen molar-refractivity contribution < 1.29 is 14.9 Å². The second-order valence-electron chi connectivity index (χ2n) is 3.70. The zero-order valence-electron chi connectivity index (χ0n) is 9.21. The van der Waals surface area contributed by atoms with Gasteiger partial charge in [-0.2, -0.15) is 0 Å². The summed E-state index contributed by atoms with van der Waals surface area (Å²) in [5, 5.41) is 18.7. The van der Waals surface area contributed by atoms with E-state index in [0.717, 1.165) is 5.39 Å². The number of rotatable bonds is 4. The number of aliphatic hydroxyl groups excluding tert-OH is 2. The second-order valence-corrected chi connectivity index (χ2v) is 3.70. The number of aliphatic hydroxyl groups is 2. The quantitative estimate of drug-likeness (QED) is 0.672. The molecular weight excluding hydrogens is 220 g/mol. The lowest BCUT2D eigenvalue weighted by molar-refractivity contribution is 0.0540. The molecule has 1 unspecified atom stereocenters. The molecule has 1 heterocycles. The van der Waals surface area contributed by atoms with Crippen LogP contribution in [0.25, 0.3) is 10.9 Å². The van der Waals surface area contributed by atoms with E-state index in [2.05, 4.69) is 4.98 Å². The first-order chi connectivity index (χ1) is 8.22. The van der Waals surface area contributed by atoms with E-state index in [1.54, 1.807) is 24.4 Å². The molecule has 1 aromatic carbocycles. The average Bonchev–Trinajstić information content (AvgIpc) is 2.38. The molecule has 5 nitrogen and oxygen atoms in total. The van der Waals surface area contributed by atoms with Gasteiger partial charge in [-0.05, 0) is 24.3 Å². The van der Waals surface area contributed by atoms with Crippen molar-refractivity contribution in [3.63, 3.8) is 0 Å². The molecule has 2 rings (SSSR count). The number of anilines is 1. The van der Waals surface area contributed by atoms with Gasteiger partial charge in [0, 0.05) is 17.3 Å². The Morgan fingerprint density at radius 3 is 2.94 bits per heavy atom. The van der Waals surface area contributed by atoms with E-state index in [0.29, 0.717) is 17.0 Å². The van der Waals surface area contributed by atoms with Crippen LogP contribution in [0, 0.1) is 0 Å². The summed E-state index contributed by atoms with van der Waals surface area (Å²) in [5.74, 6) is 0.544. The van der Waals surface area contributed by atoms with Crippen LogP contribution in [0.1, 0.15) is 0 Å². The number of hydrogen-bond acceptors (Lipinski definition) is 5. The Morgan fingerprint density at radius 1 is 1.35 bits per heavy atom. The third kappa shape index (κ3) is 2.46. The van der Waals surface area contributed by atoms with Gasteiger partial charge in [0.25, 0.3) is 0 Å². The second kappa shape index (κ2) is 4.99. The number of aromatic nitrogens is 1. The molecule has 5 heteroatoms. The fourth-order valence-electron chi connectivity index (χ4n) is 1.52. The number of nitrogen functional groups attached to an aromatic ring is 1. The number of pyridine rings is 1. The standard InChI is InChI=1S/C12H14N2O3/c13-10-3-4-11(17-7-8(16)6-15)12-9(10)2-1-5-14-12/h1-5,8,15-16H,6-7,13H2. The SMILES string of the molecule is Nc1ccc(OCC(O)CO)c2ncccc12. The maximum Gasteiger partial charge on any atom is 0.145 e. The number of benzene rings is 1. The minimum Gasteiger partial charge on any atom is -0.489 e. The molecule has 0 amide bonds. The predicted molar refractivity (Wildman–Crippen MR) is 64.7 cm³/mol. The number of fused-ring (bicyclic) bond motifs is 1. The van der Waals surface area contributed by atoms with E-state index in [4.69, 9.17) is 15.6 Å². The van der Waals surface area contributed by atoms with Gasteiger partial charge >= 0.3 is 0 Å². The lowest BCUT2D eigenvalue weighted by atomic mass is 10.1. The maximum atomic E-state index is 9.23. The zero-order valence-corrected chi connectivity index (χ0v) is 9.21. The van der Waals surface area contributed by atoms with Gasteiger partial charge in [-0.3, -0.25) is 4.98 Å². The van der Waals surface area contributed by atoms with E-state index >= 15 is 0 Å². The van der Waals surface area contributed by atoms with Gasteiger partial charge < -0.3 is 20.7 Å². The lowest BCUT2D eigenvalue weighted by Gasteiger charge is -2.12. The van der Waals surface area contributed by atoms with Gasteiger partial charge in [-0.15, -0.1) is 0 Å². The van der Waals surface area contributed by atoms with E-state index in [-0.39, 0.29) is 13.2 Å². The zero-order chi connectivity index (χ0) is 12.3. The van der Waals surface area contributed by atoms with Crippen molar-refractivity contribution in [3.8, 4) is 5.75 Å². The van der Waals surface area contributed by atoms with Crippen molar-refractivity contribution in [2.24, 2.45) is 0 Å². The van der Waals surface area contributed by atoms with Gasteiger partial charge in [-0.1, -0.05) is 0 Å². The van der Waals surface area contributed by atoms with Crippen molar-refractivity contribution in [1.82, 2.24) is 4.98 Å². The molecule has 1 aromatic heterocycles. The summed E-state index contributed by atoms with van der Waals surface area (Å²) in [7, 11) is 0. The smallest absolute Gasteiger partial charge is 0.145 e. The van der Waals surface area contributed by atoms with E-state index in [1.165, 1.54) is 0 Å². The Labute approximate surface area is 98.5 Å². The minimum absolute atomic E-state index is 0.0199. The third-order valence-corrected chi connectivity index (χ3v) is 2.41. The number of nitrogens with zero attached hydrogens (tertiary/aromatic N) is 1. The highest BCUT2D eigenvalue weighted by Crippen LogP contribution is 2.27. The van der Waals surface area contributed by atoms with Crippen molar-refractivity contribution in [2.45, 2.75) is 6.10 Å². The van der Waals surface area contributed by atoms with Gasteiger partial charge in [0.1, 0.15) is 24.0 Å². The molecular formula is C12H14N2O3. The van der Waals surface area contributed by atoms with E-state index < -0.39 is 6.10 Å². The van der Waals surface area contributed by atoms with Crippen LogP contribution in [0.3, 0.4) is 0 Å². The van der Waals surface area contributed by atoms with Gasteiger partial charge in [0.15, 0.2) is 0 Å². The average molecular weight is 234 g/mol. The summed E-state index contributed by atoms with van der Waals surface area (Å²) in [6.07, 6.45) is 0.753. The molecule has 1 atom stereocenters. The Balaban J connectivity index is 2.32. The van der Waals surface area contributed by atoms with Crippen LogP contribution < -0.4 is 10.5 Å². The topological polar surface area (TPSA) is 88.6 Å². The molecule has 0 fully saturated rings. The maximum absolute atomic E-state index is 9.23. The molecule has 0 bridgehead atoms. The van der Waals surface area contributed by atoms with Crippen LogP contribution in [0.2, 0.25) is 0 Å².